The Hall–Kier alpha value is -1.18. The summed E-state index contributed by atoms with van der Waals surface area (Å²) in [6.07, 6.45) is 3.76. The zero-order valence-electron chi connectivity index (χ0n) is 10.0. The van der Waals surface area contributed by atoms with E-state index >= 15 is 0 Å². The fourth-order valence-electron chi connectivity index (χ4n) is 1.18. The van der Waals surface area contributed by atoms with Crippen LogP contribution in [-0.4, -0.2) is 12.4 Å². The summed E-state index contributed by atoms with van der Waals surface area (Å²) >= 11 is 0. The summed E-state index contributed by atoms with van der Waals surface area (Å²) in [5, 5.41) is 0. The molecule has 0 atom stereocenters. The van der Waals surface area contributed by atoms with Gasteiger partial charge in [-0.1, -0.05) is 27.7 Å². The van der Waals surface area contributed by atoms with Gasteiger partial charge in [-0.2, -0.15) is 0 Å². The van der Waals surface area contributed by atoms with E-state index in [1.165, 1.54) is 11.1 Å². The first-order valence-corrected chi connectivity index (χ1v) is 5.29. The predicted molar refractivity (Wildman–Crippen MR) is 65.1 cm³/mol. The molecule has 0 N–H and O–H groups in total. The van der Waals surface area contributed by atoms with Crippen molar-refractivity contribution in [1.82, 2.24) is 0 Å². The van der Waals surface area contributed by atoms with Gasteiger partial charge in [-0.25, -0.2) is 0 Å². The second kappa shape index (κ2) is 6.30. The summed E-state index contributed by atoms with van der Waals surface area (Å²) in [5.41, 5.74) is 4.54. The van der Waals surface area contributed by atoms with Crippen molar-refractivity contribution in [3.8, 4) is 0 Å². The Labute approximate surface area is 87.2 Å². The van der Waals surface area contributed by atoms with E-state index < -0.39 is 0 Å². The van der Waals surface area contributed by atoms with Crippen molar-refractivity contribution in [2.45, 2.75) is 41.5 Å². The number of nitrogens with zero attached hydrogens (tertiary/aromatic N) is 2. The fraction of sp³-hybridized carbons (Fsp3) is 0.500. The maximum Gasteiger partial charge on any atom is 0.0467 e. The summed E-state index contributed by atoms with van der Waals surface area (Å²) in [5.74, 6) is 0. The molecule has 0 aromatic heterocycles. The van der Waals surface area contributed by atoms with Crippen LogP contribution in [0.2, 0.25) is 0 Å². The third-order valence-electron chi connectivity index (χ3n) is 1.84. The van der Waals surface area contributed by atoms with Crippen LogP contribution in [-0.2, 0) is 0 Å². The van der Waals surface area contributed by atoms with Crippen LogP contribution in [0.5, 0.6) is 0 Å². The number of hydrogen-bond acceptors (Lipinski definition) is 2. The Morgan fingerprint density at radius 3 is 1.29 bits per heavy atom. The van der Waals surface area contributed by atoms with Gasteiger partial charge in [0.1, 0.15) is 0 Å². The van der Waals surface area contributed by atoms with E-state index in [1.54, 1.807) is 0 Å². The molecule has 0 fully saturated rings. The van der Waals surface area contributed by atoms with E-state index in [4.69, 9.17) is 0 Å². The van der Waals surface area contributed by atoms with Crippen molar-refractivity contribution < 1.29 is 0 Å². The van der Waals surface area contributed by atoms with E-state index in [-0.39, 0.29) is 0 Å². The molecule has 2 aliphatic rings. The van der Waals surface area contributed by atoms with E-state index in [0.717, 1.165) is 11.4 Å². The lowest BCUT2D eigenvalue weighted by Crippen LogP contribution is -1.83. The van der Waals surface area contributed by atoms with Crippen molar-refractivity contribution in [3.63, 3.8) is 0 Å². The van der Waals surface area contributed by atoms with Gasteiger partial charge >= 0.3 is 0 Å². The van der Waals surface area contributed by atoms with Crippen LogP contribution in [0.25, 0.3) is 0 Å². The third-order valence-corrected chi connectivity index (χ3v) is 1.84. The molecule has 0 aromatic rings. The molecule has 78 valence electrons. The smallest absolute Gasteiger partial charge is 0.0467 e. The topological polar surface area (TPSA) is 24.7 Å². The third kappa shape index (κ3) is 2.41. The lowest BCUT2D eigenvalue weighted by atomic mass is 10.1. The molecule has 2 heterocycles. The summed E-state index contributed by atoms with van der Waals surface area (Å²) in [6.45, 7) is 12.0. The van der Waals surface area contributed by atoms with Gasteiger partial charge in [0.15, 0.2) is 0 Å². The second-order valence-corrected chi connectivity index (χ2v) is 2.51. The van der Waals surface area contributed by atoms with Crippen molar-refractivity contribution >= 4 is 12.4 Å². The molecule has 2 aliphatic heterocycles. The first-order valence-electron chi connectivity index (χ1n) is 5.29. The molecule has 2 rings (SSSR count). The quantitative estimate of drug-likeness (QED) is 0.558. The van der Waals surface area contributed by atoms with Crippen molar-refractivity contribution in [2.75, 3.05) is 0 Å². The molecule has 2 heteroatoms. The largest absolute Gasteiger partial charge is 0.260 e. The molecule has 0 aromatic carbocycles. The highest BCUT2D eigenvalue weighted by atomic mass is 14.8. The lowest BCUT2D eigenvalue weighted by molar-refractivity contribution is 1.33. The Kier molecular flexibility index (Phi) is 5.77. The molecule has 0 saturated heterocycles. The van der Waals surface area contributed by atoms with Gasteiger partial charge in [0, 0.05) is 35.0 Å². The number of allylic oxidation sites excluding steroid dienone is 4. The highest BCUT2D eigenvalue weighted by Crippen LogP contribution is 2.26. The normalized spacial score (nSPS) is 16.1. The minimum absolute atomic E-state index is 1.08. The van der Waals surface area contributed by atoms with Crippen molar-refractivity contribution in [1.29, 1.82) is 0 Å². The summed E-state index contributed by atoms with van der Waals surface area (Å²) < 4.78 is 0. The Morgan fingerprint density at radius 1 is 0.714 bits per heavy atom. The first kappa shape index (κ1) is 12.8. The molecule has 14 heavy (non-hydrogen) atoms. The standard InChI is InChI=1S/C8H8N2.2C2H6/c1-5-7-3-10-6(2)8(7)4-9-5;2*1-2/h3-4H,1-2H3;2*1-2H3. The van der Waals surface area contributed by atoms with Gasteiger partial charge in [-0.15, -0.1) is 0 Å². The van der Waals surface area contributed by atoms with Crippen LogP contribution in [0, 0.1) is 0 Å². The second-order valence-electron chi connectivity index (χ2n) is 2.51. The van der Waals surface area contributed by atoms with E-state index in [9.17, 15) is 0 Å². The van der Waals surface area contributed by atoms with Crippen LogP contribution >= 0.6 is 0 Å². The number of hydrogen-bond donors (Lipinski definition) is 0. The van der Waals surface area contributed by atoms with Crippen LogP contribution in [0.1, 0.15) is 41.5 Å². The molecule has 0 unspecified atom stereocenters. The highest BCUT2D eigenvalue weighted by molar-refractivity contribution is 6.06. The Balaban J connectivity index is 0.000000379. The van der Waals surface area contributed by atoms with Crippen LogP contribution in [0.4, 0.5) is 0 Å². The van der Waals surface area contributed by atoms with Gasteiger partial charge in [0.25, 0.3) is 0 Å². The summed E-state index contributed by atoms with van der Waals surface area (Å²) in [4.78, 5) is 8.35. The monoisotopic (exact) mass is 192 g/mol. The molecule has 0 saturated carbocycles. The maximum absolute atomic E-state index is 4.18. The molecular weight excluding hydrogens is 172 g/mol. The molecule has 0 aliphatic carbocycles. The molecule has 0 amide bonds. The fourth-order valence-corrected chi connectivity index (χ4v) is 1.18. The SMILES string of the molecule is CC.CC.CC1=C2C=NC(C)=C2C=N1. The van der Waals surface area contributed by atoms with Gasteiger partial charge < -0.3 is 0 Å². The van der Waals surface area contributed by atoms with Gasteiger partial charge in [0.05, 0.1) is 0 Å². The summed E-state index contributed by atoms with van der Waals surface area (Å²) in [7, 11) is 0. The number of fused-ring (bicyclic) bond motifs is 1. The zero-order valence-corrected chi connectivity index (χ0v) is 10.0. The highest BCUT2D eigenvalue weighted by Gasteiger charge is 2.17. The van der Waals surface area contributed by atoms with Gasteiger partial charge in [-0.05, 0) is 13.8 Å². The zero-order chi connectivity index (χ0) is 11.1. The minimum atomic E-state index is 1.08. The van der Waals surface area contributed by atoms with E-state index in [0.29, 0.717) is 0 Å². The van der Waals surface area contributed by atoms with E-state index in [2.05, 4.69) is 9.98 Å². The average Bonchev–Trinajstić information content (AvgIpc) is 2.79. The molecular formula is C12H20N2. The van der Waals surface area contributed by atoms with Gasteiger partial charge in [0.2, 0.25) is 0 Å². The minimum Gasteiger partial charge on any atom is -0.260 e. The average molecular weight is 192 g/mol. The first-order chi connectivity index (χ1) is 6.79. The van der Waals surface area contributed by atoms with E-state index in [1.807, 2.05) is 54.0 Å². The number of rotatable bonds is 0. The number of aliphatic imine (C=N–C) groups is 2. The van der Waals surface area contributed by atoms with Crippen molar-refractivity contribution in [2.24, 2.45) is 9.98 Å². The predicted octanol–water partition coefficient (Wildman–Crippen LogP) is 3.76. The molecule has 0 spiro atoms. The van der Waals surface area contributed by atoms with Crippen LogP contribution < -0.4 is 0 Å². The van der Waals surface area contributed by atoms with Crippen LogP contribution in [0.3, 0.4) is 0 Å². The Morgan fingerprint density at radius 2 is 1.00 bits per heavy atom. The van der Waals surface area contributed by atoms with Crippen molar-refractivity contribution in [3.05, 3.63) is 22.5 Å². The van der Waals surface area contributed by atoms with Crippen LogP contribution in [0.15, 0.2) is 32.5 Å². The Bertz CT molecular complexity index is 272. The lowest BCUT2D eigenvalue weighted by Gasteiger charge is -1.88. The molecule has 0 bridgehead atoms. The maximum atomic E-state index is 4.18. The molecule has 2 nitrogen and oxygen atoms in total. The molecule has 0 radical (unpaired) electrons. The summed E-state index contributed by atoms with van der Waals surface area (Å²) in [6, 6.07) is 0. The van der Waals surface area contributed by atoms with Gasteiger partial charge in [-0.3, -0.25) is 9.98 Å².